The fraction of sp³-hybridized carbons (Fsp3) is 0.648. The number of unbranched alkanes of at least 4 members (excludes halogenated alkanes) is 27. The summed E-state index contributed by atoms with van der Waals surface area (Å²) < 4.78 is 17.8. The predicted octanol–water partition coefficient (Wildman–Crippen LogP) is 17.4. The average Bonchev–Trinajstić information content (AvgIpc) is 3.25. The zero-order chi connectivity index (χ0) is 41.1. The van der Waals surface area contributed by atoms with E-state index in [9.17, 15) is 4.79 Å². The van der Waals surface area contributed by atoms with E-state index in [0.717, 1.165) is 36.3 Å². The van der Waals surface area contributed by atoms with Crippen molar-refractivity contribution in [1.29, 1.82) is 0 Å². The molecular weight excluding hydrogens is 713 g/mol. The van der Waals surface area contributed by atoms with Crippen molar-refractivity contribution in [2.75, 3.05) is 13.2 Å². The Hall–Kier alpha value is -3.11. The van der Waals surface area contributed by atoms with Crippen LogP contribution in [0.1, 0.15) is 229 Å². The first kappa shape index (κ1) is 49.3. The van der Waals surface area contributed by atoms with Crippen molar-refractivity contribution < 1.29 is 19.0 Å². The summed E-state index contributed by atoms with van der Waals surface area (Å²) in [6.07, 6.45) is 39.6. The van der Waals surface area contributed by atoms with Crippen molar-refractivity contribution in [3.8, 4) is 22.6 Å². The summed E-state index contributed by atoms with van der Waals surface area (Å²) in [7, 11) is 0. The van der Waals surface area contributed by atoms with Crippen molar-refractivity contribution in [3.63, 3.8) is 0 Å². The zero-order valence-electron chi connectivity index (χ0n) is 37.6. The third-order valence-corrected chi connectivity index (χ3v) is 11.8. The van der Waals surface area contributed by atoms with Gasteiger partial charge in [-0.05, 0) is 72.9 Å². The number of benzene rings is 3. The van der Waals surface area contributed by atoms with Crippen LogP contribution in [0.3, 0.4) is 0 Å². The molecule has 1 unspecified atom stereocenters. The van der Waals surface area contributed by atoms with Crippen LogP contribution in [0.2, 0.25) is 0 Å². The van der Waals surface area contributed by atoms with Gasteiger partial charge in [0.25, 0.3) is 0 Å². The minimum Gasteiger partial charge on any atom is -0.494 e. The number of rotatable bonds is 37. The number of hydrogen-bond donors (Lipinski definition) is 0. The molecule has 1 atom stereocenters. The lowest BCUT2D eigenvalue weighted by molar-refractivity contribution is 0.0627. The molecule has 0 saturated heterocycles. The van der Waals surface area contributed by atoms with Crippen LogP contribution in [0.25, 0.3) is 11.1 Å². The third-order valence-electron chi connectivity index (χ3n) is 11.8. The number of carbonyl (C=O) groups is 1. The molecule has 4 nitrogen and oxygen atoms in total. The van der Waals surface area contributed by atoms with Crippen LogP contribution in [0.4, 0.5) is 0 Å². The molecule has 324 valence electrons. The number of esters is 1. The van der Waals surface area contributed by atoms with Crippen LogP contribution in [-0.2, 0) is 4.74 Å². The summed E-state index contributed by atoms with van der Waals surface area (Å²) in [6, 6.07) is 23.6. The molecule has 0 aliphatic carbocycles. The normalized spacial score (nSPS) is 11.8. The van der Waals surface area contributed by atoms with Crippen molar-refractivity contribution in [2.45, 2.75) is 213 Å². The van der Waals surface area contributed by atoms with Gasteiger partial charge in [0, 0.05) is 6.61 Å². The van der Waals surface area contributed by atoms with Gasteiger partial charge >= 0.3 is 5.97 Å². The van der Waals surface area contributed by atoms with Crippen molar-refractivity contribution in [2.24, 2.45) is 0 Å². The van der Waals surface area contributed by atoms with E-state index >= 15 is 0 Å². The van der Waals surface area contributed by atoms with Crippen LogP contribution in [0.15, 0.2) is 72.8 Å². The molecule has 0 amide bonds. The predicted molar refractivity (Wildman–Crippen MR) is 248 cm³/mol. The van der Waals surface area contributed by atoms with Gasteiger partial charge in [-0.2, -0.15) is 0 Å². The van der Waals surface area contributed by atoms with E-state index in [2.05, 4.69) is 45.0 Å². The topological polar surface area (TPSA) is 44.8 Å². The Morgan fingerprint density at radius 2 is 0.759 bits per heavy atom. The third kappa shape index (κ3) is 23.5. The summed E-state index contributed by atoms with van der Waals surface area (Å²) in [6.45, 7) is 8.25. The molecule has 0 aromatic heterocycles. The minimum atomic E-state index is -0.367. The molecule has 0 bridgehead atoms. The highest BCUT2D eigenvalue weighted by Gasteiger charge is 2.11. The SMILES string of the molecule is CCCCCCCCCCCCCCCCCCOC(C)c1ccc(-c2ccc(OC(=O)c3ccc(OCCCCCCCCCCCCCCC)cc3)cc2)cc1. The molecule has 0 radical (unpaired) electrons. The van der Waals surface area contributed by atoms with Crippen LogP contribution >= 0.6 is 0 Å². The Morgan fingerprint density at radius 1 is 0.414 bits per heavy atom. The van der Waals surface area contributed by atoms with Gasteiger partial charge in [-0.15, -0.1) is 0 Å². The summed E-state index contributed by atoms with van der Waals surface area (Å²) >= 11 is 0. The Labute approximate surface area is 356 Å². The van der Waals surface area contributed by atoms with E-state index in [1.165, 1.54) is 179 Å². The summed E-state index contributed by atoms with van der Waals surface area (Å²) in [5, 5.41) is 0. The summed E-state index contributed by atoms with van der Waals surface area (Å²) in [5.74, 6) is 0.958. The average molecular weight is 797 g/mol. The molecule has 4 heteroatoms. The minimum absolute atomic E-state index is 0.0804. The van der Waals surface area contributed by atoms with Crippen LogP contribution in [0.5, 0.6) is 11.5 Å². The molecule has 0 heterocycles. The monoisotopic (exact) mass is 797 g/mol. The van der Waals surface area contributed by atoms with Crippen LogP contribution in [0, 0.1) is 0 Å². The molecule has 0 fully saturated rings. The lowest BCUT2D eigenvalue weighted by Gasteiger charge is -2.14. The largest absolute Gasteiger partial charge is 0.494 e. The van der Waals surface area contributed by atoms with Gasteiger partial charge in [0.1, 0.15) is 11.5 Å². The molecule has 0 saturated carbocycles. The lowest BCUT2D eigenvalue weighted by atomic mass is 10.0. The number of hydrogen-bond acceptors (Lipinski definition) is 4. The second kappa shape index (κ2) is 33.7. The first-order valence-electron chi connectivity index (χ1n) is 24.4. The molecule has 3 aromatic carbocycles. The van der Waals surface area contributed by atoms with Gasteiger partial charge in [-0.3, -0.25) is 0 Å². The van der Waals surface area contributed by atoms with Gasteiger partial charge in [-0.1, -0.05) is 224 Å². The smallest absolute Gasteiger partial charge is 0.343 e. The van der Waals surface area contributed by atoms with E-state index in [4.69, 9.17) is 14.2 Å². The second-order valence-electron chi connectivity index (χ2n) is 17.0. The maximum Gasteiger partial charge on any atom is 0.343 e. The Balaban J connectivity index is 1.20. The highest BCUT2D eigenvalue weighted by atomic mass is 16.5. The molecule has 3 rings (SSSR count). The van der Waals surface area contributed by atoms with Gasteiger partial charge in [0.2, 0.25) is 0 Å². The van der Waals surface area contributed by atoms with Crippen LogP contribution in [-0.4, -0.2) is 19.2 Å². The van der Waals surface area contributed by atoms with E-state index in [1.807, 2.05) is 36.4 Å². The lowest BCUT2D eigenvalue weighted by Crippen LogP contribution is -2.08. The number of ether oxygens (including phenoxy) is 3. The summed E-state index contributed by atoms with van der Waals surface area (Å²) in [4.78, 5) is 12.8. The summed E-state index contributed by atoms with van der Waals surface area (Å²) in [5.41, 5.74) is 3.92. The first-order valence-corrected chi connectivity index (χ1v) is 24.4. The van der Waals surface area contributed by atoms with Crippen molar-refractivity contribution in [1.82, 2.24) is 0 Å². The van der Waals surface area contributed by atoms with Crippen molar-refractivity contribution in [3.05, 3.63) is 83.9 Å². The Kier molecular flexibility index (Phi) is 28.6. The van der Waals surface area contributed by atoms with E-state index < -0.39 is 0 Å². The quantitative estimate of drug-likeness (QED) is 0.0331. The van der Waals surface area contributed by atoms with Gasteiger partial charge in [0.15, 0.2) is 0 Å². The molecule has 0 aliphatic rings. The number of carbonyl (C=O) groups excluding carboxylic acids is 1. The first-order chi connectivity index (χ1) is 28.6. The fourth-order valence-corrected chi connectivity index (χ4v) is 7.83. The highest BCUT2D eigenvalue weighted by Crippen LogP contribution is 2.26. The van der Waals surface area contributed by atoms with E-state index in [0.29, 0.717) is 17.9 Å². The molecule has 0 N–H and O–H groups in total. The molecule has 0 spiro atoms. The zero-order valence-corrected chi connectivity index (χ0v) is 37.6. The Bertz CT molecular complexity index is 1380. The standard InChI is InChI=1S/C54H84O4/c1-4-6-8-10-12-14-16-18-19-20-22-23-25-27-29-31-45-56-47(3)48-33-35-49(36-34-48)50-37-43-53(44-38-50)58-54(55)51-39-41-52(42-40-51)57-46-32-30-28-26-24-21-17-15-13-11-9-7-5-2/h33-44,47H,4-32,45-46H2,1-3H3. The van der Waals surface area contributed by atoms with E-state index in [-0.39, 0.29) is 12.1 Å². The molecule has 58 heavy (non-hydrogen) atoms. The highest BCUT2D eigenvalue weighted by molar-refractivity contribution is 5.91. The second-order valence-corrected chi connectivity index (χ2v) is 17.0. The fourth-order valence-electron chi connectivity index (χ4n) is 7.83. The van der Waals surface area contributed by atoms with Gasteiger partial charge < -0.3 is 14.2 Å². The van der Waals surface area contributed by atoms with Gasteiger partial charge in [0.05, 0.1) is 18.3 Å². The molecule has 3 aromatic rings. The van der Waals surface area contributed by atoms with Crippen LogP contribution < -0.4 is 9.47 Å². The van der Waals surface area contributed by atoms with Crippen molar-refractivity contribution >= 4 is 5.97 Å². The molecule has 0 aliphatic heterocycles. The van der Waals surface area contributed by atoms with Gasteiger partial charge in [-0.25, -0.2) is 4.79 Å². The maximum atomic E-state index is 12.8. The van der Waals surface area contributed by atoms with E-state index in [1.54, 1.807) is 12.1 Å². The Morgan fingerprint density at radius 3 is 1.17 bits per heavy atom. The maximum absolute atomic E-state index is 12.8. The molecular formula is C54H84O4.